The molecule has 16 heavy (non-hydrogen) atoms. The average Bonchev–Trinajstić information content (AvgIpc) is 2.54. The second kappa shape index (κ2) is 3.94. The predicted molar refractivity (Wildman–Crippen MR) is 69.9 cm³/mol. The van der Waals surface area contributed by atoms with Gasteiger partial charge in [-0.25, -0.2) is 4.98 Å². The maximum atomic E-state index is 5.86. The molecule has 0 bridgehead atoms. The normalized spacial score (nSPS) is 10.8. The van der Waals surface area contributed by atoms with Crippen molar-refractivity contribution in [2.45, 2.75) is 20.8 Å². The van der Waals surface area contributed by atoms with Gasteiger partial charge in [0.2, 0.25) is 0 Å². The van der Waals surface area contributed by atoms with Gasteiger partial charge >= 0.3 is 0 Å². The minimum absolute atomic E-state index is 0.796. The molecule has 0 saturated heterocycles. The summed E-state index contributed by atoms with van der Waals surface area (Å²) in [6, 6.07) is 3.99. The van der Waals surface area contributed by atoms with E-state index >= 15 is 0 Å². The number of nitrogen functional groups attached to an aromatic ring is 1. The van der Waals surface area contributed by atoms with Gasteiger partial charge in [-0.3, -0.25) is 0 Å². The van der Waals surface area contributed by atoms with Crippen LogP contribution in [-0.2, 0) is 0 Å². The van der Waals surface area contributed by atoms with E-state index in [1.165, 1.54) is 0 Å². The van der Waals surface area contributed by atoms with Crippen LogP contribution >= 0.6 is 15.9 Å². The molecule has 0 amide bonds. The number of hydrogen-bond donors (Lipinski definition) is 1. The summed E-state index contributed by atoms with van der Waals surface area (Å²) in [7, 11) is 0. The zero-order valence-corrected chi connectivity index (χ0v) is 11.2. The number of aryl methyl sites for hydroxylation is 2. The number of halogens is 1. The van der Waals surface area contributed by atoms with Gasteiger partial charge in [-0.05, 0) is 54.4 Å². The number of benzene rings is 1. The Morgan fingerprint density at radius 2 is 1.94 bits per heavy atom. The first kappa shape index (κ1) is 11.2. The lowest BCUT2D eigenvalue weighted by Crippen LogP contribution is -1.99. The summed E-state index contributed by atoms with van der Waals surface area (Å²) in [6.45, 7) is 6.06. The fourth-order valence-corrected chi connectivity index (χ4v) is 2.16. The zero-order valence-electron chi connectivity index (χ0n) is 9.58. The molecule has 0 atom stereocenters. The first-order chi connectivity index (χ1) is 7.50. The largest absolute Gasteiger partial charge is 0.398 e. The fraction of sp³-hybridized carbons (Fsp3) is 0.250. The lowest BCUT2D eigenvalue weighted by Gasteiger charge is -2.11. The molecule has 0 spiro atoms. The highest BCUT2D eigenvalue weighted by atomic mass is 79.9. The van der Waals surface area contributed by atoms with Crippen molar-refractivity contribution < 1.29 is 0 Å². The van der Waals surface area contributed by atoms with Gasteiger partial charge in [0.1, 0.15) is 0 Å². The standard InChI is InChI=1S/C12H14BrN3/c1-7-4-12(10(13)5-11(7)14)16-6-15-8(2)9(16)3/h4-6H,14H2,1-3H3. The smallest absolute Gasteiger partial charge is 0.0997 e. The van der Waals surface area contributed by atoms with Crippen molar-refractivity contribution in [1.29, 1.82) is 0 Å². The van der Waals surface area contributed by atoms with Gasteiger partial charge in [-0.2, -0.15) is 0 Å². The summed E-state index contributed by atoms with van der Waals surface area (Å²) >= 11 is 3.53. The first-order valence-electron chi connectivity index (χ1n) is 5.07. The van der Waals surface area contributed by atoms with Crippen molar-refractivity contribution in [1.82, 2.24) is 9.55 Å². The van der Waals surface area contributed by atoms with Crippen LogP contribution in [0.25, 0.3) is 5.69 Å². The molecule has 0 fully saturated rings. The van der Waals surface area contributed by atoms with Gasteiger partial charge in [0.15, 0.2) is 0 Å². The van der Waals surface area contributed by atoms with E-state index < -0.39 is 0 Å². The Hall–Kier alpha value is -1.29. The number of rotatable bonds is 1. The number of nitrogens with two attached hydrogens (primary N) is 1. The van der Waals surface area contributed by atoms with Gasteiger partial charge in [-0.1, -0.05) is 0 Å². The second-order valence-corrected chi connectivity index (χ2v) is 4.80. The summed E-state index contributed by atoms with van der Waals surface area (Å²) in [5.74, 6) is 0. The van der Waals surface area contributed by atoms with E-state index in [4.69, 9.17) is 5.73 Å². The molecule has 84 valence electrons. The summed E-state index contributed by atoms with van der Waals surface area (Å²) in [5, 5.41) is 0. The summed E-state index contributed by atoms with van der Waals surface area (Å²) in [5.41, 5.74) is 11.0. The zero-order chi connectivity index (χ0) is 11.9. The molecule has 0 aliphatic rings. The molecule has 0 aliphatic heterocycles. The van der Waals surface area contributed by atoms with Crippen LogP contribution in [0.1, 0.15) is 17.0 Å². The molecule has 1 aromatic carbocycles. The molecule has 2 aromatic rings. The quantitative estimate of drug-likeness (QED) is 0.815. The number of anilines is 1. The Morgan fingerprint density at radius 1 is 1.25 bits per heavy atom. The molecule has 0 unspecified atom stereocenters. The van der Waals surface area contributed by atoms with Crippen molar-refractivity contribution in [3.05, 3.63) is 39.9 Å². The third-order valence-electron chi connectivity index (χ3n) is 2.85. The highest BCUT2D eigenvalue weighted by Crippen LogP contribution is 2.27. The molecule has 0 radical (unpaired) electrons. The van der Waals surface area contributed by atoms with E-state index in [1.54, 1.807) is 0 Å². The molecule has 0 aliphatic carbocycles. The van der Waals surface area contributed by atoms with E-state index in [-0.39, 0.29) is 0 Å². The monoisotopic (exact) mass is 279 g/mol. The van der Waals surface area contributed by atoms with Crippen LogP contribution in [0.4, 0.5) is 5.69 Å². The van der Waals surface area contributed by atoms with Gasteiger partial charge in [0, 0.05) is 15.9 Å². The van der Waals surface area contributed by atoms with Crippen LogP contribution in [0.3, 0.4) is 0 Å². The van der Waals surface area contributed by atoms with Crippen molar-refractivity contribution in [2.75, 3.05) is 5.73 Å². The molecule has 0 saturated carbocycles. The average molecular weight is 280 g/mol. The lowest BCUT2D eigenvalue weighted by atomic mass is 10.2. The fourth-order valence-electron chi connectivity index (χ4n) is 1.61. The Bertz CT molecular complexity index is 543. The number of nitrogens with zero attached hydrogens (tertiary/aromatic N) is 2. The maximum absolute atomic E-state index is 5.86. The molecule has 2 rings (SSSR count). The van der Waals surface area contributed by atoms with Crippen molar-refractivity contribution in [3.8, 4) is 5.69 Å². The first-order valence-corrected chi connectivity index (χ1v) is 5.86. The van der Waals surface area contributed by atoms with E-state index in [0.29, 0.717) is 0 Å². The SMILES string of the molecule is Cc1cc(-n2cnc(C)c2C)c(Br)cc1N. The number of aromatic nitrogens is 2. The van der Waals surface area contributed by atoms with E-state index in [1.807, 2.05) is 26.2 Å². The third kappa shape index (κ3) is 1.73. The second-order valence-electron chi connectivity index (χ2n) is 3.95. The van der Waals surface area contributed by atoms with Crippen molar-refractivity contribution in [2.24, 2.45) is 0 Å². The van der Waals surface area contributed by atoms with Crippen molar-refractivity contribution in [3.63, 3.8) is 0 Å². The topological polar surface area (TPSA) is 43.8 Å². The van der Waals surface area contributed by atoms with Crippen LogP contribution in [0.2, 0.25) is 0 Å². The van der Waals surface area contributed by atoms with Crippen LogP contribution in [0, 0.1) is 20.8 Å². The minimum atomic E-state index is 0.796. The van der Waals surface area contributed by atoms with Crippen LogP contribution in [-0.4, -0.2) is 9.55 Å². The summed E-state index contributed by atoms with van der Waals surface area (Å²) in [6.07, 6.45) is 1.83. The van der Waals surface area contributed by atoms with E-state index in [9.17, 15) is 0 Å². The molecule has 2 N–H and O–H groups in total. The Labute approximate surface area is 103 Å². The predicted octanol–water partition coefficient (Wildman–Crippen LogP) is 3.14. The number of hydrogen-bond acceptors (Lipinski definition) is 2. The maximum Gasteiger partial charge on any atom is 0.0997 e. The Morgan fingerprint density at radius 3 is 2.50 bits per heavy atom. The summed E-state index contributed by atoms with van der Waals surface area (Å²) in [4.78, 5) is 4.30. The van der Waals surface area contributed by atoms with Gasteiger partial charge < -0.3 is 10.3 Å². The molecular formula is C12H14BrN3. The summed E-state index contributed by atoms with van der Waals surface area (Å²) < 4.78 is 3.04. The van der Waals surface area contributed by atoms with Gasteiger partial charge in [0.25, 0.3) is 0 Å². The van der Waals surface area contributed by atoms with E-state index in [2.05, 4.69) is 38.5 Å². The number of imidazole rings is 1. The van der Waals surface area contributed by atoms with E-state index in [0.717, 1.165) is 32.8 Å². The molecule has 3 nitrogen and oxygen atoms in total. The highest BCUT2D eigenvalue weighted by molar-refractivity contribution is 9.10. The Balaban J connectivity index is 2.65. The minimum Gasteiger partial charge on any atom is -0.398 e. The van der Waals surface area contributed by atoms with Crippen LogP contribution < -0.4 is 5.73 Å². The van der Waals surface area contributed by atoms with Crippen LogP contribution in [0.5, 0.6) is 0 Å². The molecule has 1 heterocycles. The third-order valence-corrected chi connectivity index (χ3v) is 3.48. The van der Waals surface area contributed by atoms with Gasteiger partial charge in [-0.15, -0.1) is 0 Å². The highest BCUT2D eigenvalue weighted by Gasteiger charge is 2.09. The lowest BCUT2D eigenvalue weighted by molar-refractivity contribution is 0.992. The van der Waals surface area contributed by atoms with Crippen LogP contribution in [0.15, 0.2) is 22.9 Å². The Kier molecular flexibility index (Phi) is 2.76. The molecule has 4 heteroatoms. The van der Waals surface area contributed by atoms with Crippen molar-refractivity contribution >= 4 is 21.6 Å². The van der Waals surface area contributed by atoms with Gasteiger partial charge in [0.05, 0.1) is 17.7 Å². The molecule has 1 aromatic heterocycles. The molecular weight excluding hydrogens is 266 g/mol.